The van der Waals surface area contributed by atoms with Crippen LogP contribution in [0.1, 0.15) is 19.6 Å². The van der Waals surface area contributed by atoms with Gasteiger partial charge in [0.2, 0.25) is 11.8 Å². The first-order valence-electron chi connectivity index (χ1n) is 9.30. The highest BCUT2D eigenvalue weighted by atomic mass is 35.5. The van der Waals surface area contributed by atoms with E-state index in [0.29, 0.717) is 42.6 Å². The third-order valence-electron chi connectivity index (χ3n) is 4.58. The lowest BCUT2D eigenvalue weighted by molar-refractivity contribution is -0.134. The Morgan fingerprint density at radius 3 is 2.57 bits per heavy atom. The van der Waals surface area contributed by atoms with Gasteiger partial charge in [0.15, 0.2) is 0 Å². The number of rotatable bonds is 5. The van der Waals surface area contributed by atoms with Gasteiger partial charge >= 0.3 is 0 Å². The number of furan rings is 1. The van der Waals surface area contributed by atoms with Crippen molar-refractivity contribution in [3.05, 3.63) is 53.5 Å². The Balaban J connectivity index is 1.69. The van der Waals surface area contributed by atoms with Crippen molar-refractivity contribution in [1.82, 2.24) is 4.90 Å². The van der Waals surface area contributed by atoms with E-state index in [2.05, 4.69) is 10.2 Å². The van der Waals surface area contributed by atoms with Crippen LogP contribution in [0.4, 0.5) is 11.4 Å². The summed E-state index contributed by atoms with van der Waals surface area (Å²) in [6.07, 6.45) is 4.58. The molecular formula is C21H24ClN3O3. The fourth-order valence-corrected chi connectivity index (χ4v) is 3.31. The number of benzene rings is 1. The highest BCUT2D eigenvalue weighted by molar-refractivity contribution is 6.31. The quantitative estimate of drug-likeness (QED) is 0.772. The Hall–Kier alpha value is -2.73. The second kappa shape index (κ2) is 8.97. The summed E-state index contributed by atoms with van der Waals surface area (Å²) in [4.78, 5) is 28.6. The van der Waals surface area contributed by atoms with Crippen LogP contribution in [0.5, 0.6) is 0 Å². The van der Waals surface area contributed by atoms with Gasteiger partial charge in [-0.05, 0) is 36.4 Å². The molecule has 1 aliphatic rings. The minimum Gasteiger partial charge on any atom is -0.465 e. The largest absolute Gasteiger partial charge is 0.465 e. The van der Waals surface area contributed by atoms with Gasteiger partial charge in [-0.25, -0.2) is 0 Å². The molecule has 0 unspecified atom stereocenters. The lowest BCUT2D eigenvalue weighted by Gasteiger charge is -2.37. The minimum atomic E-state index is -0.270. The van der Waals surface area contributed by atoms with Crippen LogP contribution in [0, 0.1) is 5.92 Å². The molecule has 2 aromatic rings. The van der Waals surface area contributed by atoms with Crippen molar-refractivity contribution in [2.24, 2.45) is 5.92 Å². The summed E-state index contributed by atoms with van der Waals surface area (Å²) in [7, 11) is 0. The van der Waals surface area contributed by atoms with Gasteiger partial charge in [-0.3, -0.25) is 9.59 Å². The van der Waals surface area contributed by atoms with Crippen LogP contribution in [0.15, 0.2) is 47.1 Å². The predicted molar refractivity (Wildman–Crippen MR) is 111 cm³/mol. The second-order valence-electron chi connectivity index (χ2n) is 6.97. The van der Waals surface area contributed by atoms with E-state index in [-0.39, 0.29) is 17.7 Å². The van der Waals surface area contributed by atoms with E-state index >= 15 is 0 Å². The predicted octanol–water partition coefficient (Wildman–Crippen LogP) is 3.89. The second-order valence-corrected chi connectivity index (χ2v) is 7.40. The lowest BCUT2D eigenvalue weighted by Crippen LogP contribution is -2.50. The number of amides is 2. The molecule has 0 spiro atoms. The number of hydrogen-bond donors (Lipinski definition) is 1. The first-order valence-corrected chi connectivity index (χ1v) is 9.67. The van der Waals surface area contributed by atoms with Gasteiger partial charge in [-0.1, -0.05) is 25.4 Å². The maximum absolute atomic E-state index is 12.3. The van der Waals surface area contributed by atoms with Crippen molar-refractivity contribution >= 4 is 40.9 Å². The highest BCUT2D eigenvalue weighted by Crippen LogP contribution is 2.30. The molecule has 0 bridgehead atoms. The van der Waals surface area contributed by atoms with Gasteiger partial charge in [0.25, 0.3) is 0 Å². The number of nitrogens with zero attached hydrogens (tertiary/aromatic N) is 2. The topological polar surface area (TPSA) is 65.8 Å². The average Bonchev–Trinajstić information content (AvgIpc) is 3.20. The molecule has 0 saturated carbocycles. The fourth-order valence-electron chi connectivity index (χ4n) is 3.14. The van der Waals surface area contributed by atoms with Crippen LogP contribution in [0.2, 0.25) is 5.02 Å². The van der Waals surface area contributed by atoms with Crippen molar-refractivity contribution in [3.63, 3.8) is 0 Å². The Morgan fingerprint density at radius 1 is 1.18 bits per heavy atom. The molecule has 7 heteroatoms. The van der Waals surface area contributed by atoms with Crippen LogP contribution in [0.3, 0.4) is 0 Å². The normalized spacial score (nSPS) is 14.7. The van der Waals surface area contributed by atoms with E-state index in [1.165, 1.54) is 6.08 Å². The molecule has 2 heterocycles. The Morgan fingerprint density at radius 2 is 1.93 bits per heavy atom. The number of nitrogens with one attached hydrogen (secondary N) is 1. The maximum atomic E-state index is 12.3. The van der Waals surface area contributed by atoms with Gasteiger partial charge in [-0.2, -0.15) is 0 Å². The van der Waals surface area contributed by atoms with E-state index < -0.39 is 0 Å². The number of halogens is 1. The zero-order chi connectivity index (χ0) is 20.1. The number of piperazine rings is 1. The molecule has 1 N–H and O–H groups in total. The Labute approximate surface area is 169 Å². The van der Waals surface area contributed by atoms with Crippen LogP contribution in [-0.2, 0) is 9.59 Å². The molecule has 1 saturated heterocycles. The molecule has 2 amide bonds. The third-order valence-corrected chi connectivity index (χ3v) is 4.82. The van der Waals surface area contributed by atoms with Gasteiger partial charge < -0.3 is 19.5 Å². The monoisotopic (exact) mass is 401 g/mol. The molecule has 1 aromatic heterocycles. The molecule has 148 valence electrons. The van der Waals surface area contributed by atoms with Gasteiger partial charge in [0.05, 0.1) is 17.6 Å². The minimum absolute atomic E-state index is 0.00196. The SMILES string of the molecule is CC(C)C(=O)N1CCN(c2ccc(Cl)cc2NC(=O)/C=C/c2ccco2)CC1. The molecule has 0 atom stereocenters. The zero-order valence-electron chi connectivity index (χ0n) is 16.0. The average molecular weight is 402 g/mol. The highest BCUT2D eigenvalue weighted by Gasteiger charge is 2.24. The Kier molecular flexibility index (Phi) is 6.41. The van der Waals surface area contributed by atoms with Crippen molar-refractivity contribution in [2.45, 2.75) is 13.8 Å². The maximum Gasteiger partial charge on any atom is 0.248 e. The molecule has 3 rings (SSSR count). The standard InChI is InChI=1S/C21H24ClN3O3/c1-15(2)21(27)25-11-9-24(10-12-25)19-7-5-16(22)14-18(19)23-20(26)8-6-17-4-3-13-28-17/h3-8,13-15H,9-12H2,1-2H3,(H,23,26)/b8-6+. The number of hydrogen-bond acceptors (Lipinski definition) is 4. The Bertz CT molecular complexity index is 854. The van der Waals surface area contributed by atoms with Crippen molar-refractivity contribution in [2.75, 3.05) is 36.4 Å². The molecule has 0 radical (unpaired) electrons. The van der Waals surface area contributed by atoms with Crippen LogP contribution in [-0.4, -0.2) is 42.9 Å². The molecule has 1 aliphatic heterocycles. The summed E-state index contributed by atoms with van der Waals surface area (Å²) in [6, 6.07) is 8.97. The van der Waals surface area contributed by atoms with Gasteiger partial charge in [0.1, 0.15) is 5.76 Å². The summed E-state index contributed by atoms with van der Waals surface area (Å²) in [5.41, 5.74) is 1.53. The van der Waals surface area contributed by atoms with Crippen LogP contribution >= 0.6 is 11.6 Å². The van der Waals surface area contributed by atoms with Crippen LogP contribution < -0.4 is 10.2 Å². The van der Waals surface area contributed by atoms with Crippen LogP contribution in [0.25, 0.3) is 6.08 Å². The third kappa shape index (κ3) is 4.95. The summed E-state index contributed by atoms with van der Waals surface area (Å²) < 4.78 is 5.19. The zero-order valence-corrected chi connectivity index (χ0v) is 16.8. The van der Waals surface area contributed by atoms with Crippen molar-refractivity contribution in [1.29, 1.82) is 0 Å². The lowest BCUT2D eigenvalue weighted by atomic mass is 10.1. The number of carbonyl (C=O) groups excluding carboxylic acids is 2. The summed E-state index contributed by atoms with van der Waals surface area (Å²) in [6.45, 7) is 6.54. The molecule has 28 heavy (non-hydrogen) atoms. The first-order chi connectivity index (χ1) is 13.4. The molecule has 1 aromatic carbocycles. The van der Waals surface area contributed by atoms with E-state index in [1.807, 2.05) is 24.8 Å². The van der Waals surface area contributed by atoms with E-state index in [4.69, 9.17) is 16.0 Å². The summed E-state index contributed by atoms with van der Waals surface area (Å²) >= 11 is 6.14. The van der Waals surface area contributed by atoms with Gasteiger partial charge in [0, 0.05) is 43.2 Å². The molecular weight excluding hydrogens is 378 g/mol. The number of anilines is 2. The molecule has 0 aliphatic carbocycles. The van der Waals surface area contributed by atoms with E-state index in [0.717, 1.165) is 5.69 Å². The van der Waals surface area contributed by atoms with Crippen molar-refractivity contribution < 1.29 is 14.0 Å². The summed E-state index contributed by atoms with van der Waals surface area (Å²) in [5.74, 6) is 0.506. The molecule has 6 nitrogen and oxygen atoms in total. The van der Waals surface area contributed by atoms with E-state index in [9.17, 15) is 9.59 Å². The van der Waals surface area contributed by atoms with Gasteiger partial charge in [-0.15, -0.1) is 0 Å². The fraction of sp³-hybridized carbons (Fsp3) is 0.333. The summed E-state index contributed by atoms with van der Waals surface area (Å²) in [5, 5.41) is 3.43. The first kappa shape index (κ1) is 20.0. The molecule has 1 fully saturated rings. The van der Waals surface area contributed by atoms with E-state index in [1.54, 1.807) is 36.6 Å². The smallest absolute Gasteiger partial charge is 0.248 e. The van der Waals surface area contributed by atoms with Crippen molar-refractivity contribution in [3.8, 4) is 0 Å². The number of carbonyl (C=O) groups is 2.